The molecular formula is C24H22F2N4O3. The Hall–Kier alpha value is -3.75. The Kier molecular flexibility index (Phi) is 5.11. The molecule has 1 saturated heterocycles. The number of Topliss-reactive ketones (excluding diaryl/α,β-unsaturated/α-hetero) is 1. The minimum atomic E-state index is -0.946. The molecule has 3 amide bonds. The number of likely N-dealkylation sites (tertiary alicyclic amines) is 1. The lowest BCUT2D eigenvalue weighted by molar-refractivity contribution is -0.123. The highest BCUT2D eigenvalue weighted by atomic mass is 19.2. The average molecular weight is 452 g/mol. The molecule has 1 aliphatic heterocycles. The van der Waals surface area contributed by atoms with Crippen molar-refractivity contribution in [1.29, 1.82) is 0 Å². The summed E-state index contributed by atoms with van der Waals surface area (Å²) in [6.07, 6.45) is 2.93. The third-order valence-corrected chi connectivity index (χ3v) is 6.57. The Labute approximate surface area is 188 Å². The van der Waals surface area contributed by atoms with Crippen LogP contribution in [0.15, 0.2) is 48.7 Å². The number of primary amides is 1. The maximum Gasteiger partial charge on any atom is 0.323 e. The van der Waals surface area contributed by atoms with Crippen molar-refractivity contribution in [1.82, 2.24) is 9.47 Å². The summed E-state index contributed by atoms with van der Waals surface area (Å²) in [7, 11) is 0. The van der Waals surface area contributed by atoms with E-state index in [0.717, 1.165) is 12.5 Å². The molecule has 2 fully saturated rings. The number of halogens is 2. The molecule has 7 nitrogen and oxygen atoms in total. The first-order chi connectivity index (χ1) is 15.8. The van der Waals surface area contributed by atoms with Gasteiger partial charge in [0.25, 0.3) is 0 Å². The third-order valence-electron chi connectivity index (χ3n) is 6.57. The number of anilines is 1. The van der Waals surface area contributed by atoms with Gasteiger partial charge in [-0.25, -0.2) is 18.4 Å². The molecular weight excluding hydrogens is 430 g/mol. The lowest BCUT2D eigenvalue weighted by atomic mass is 10.00. The number of nitrogens with one attached hydrogen (secondary N) is 1. The van der Waals surface area contributed by atoms with E-state index in [-0.39, 0.29) is 36.1 Å². The Balaban J connectivity index is 1.33. The molecule has 3 aromatic rings. The Morgan fingerprint density at radius 3 is 2.64 bits per heavy atom. The van der Waals surface area contributed by atoms with Gasteiger partial charge in [0, 0.05) is 24.0 Å². The number of nitrogens with two attached hydrogens (primary N) is 1. The number of para-hydroxylation sites is 1. The van der Waals surface area contributed by atoms with Gasteiger partial charge in [0.05, 0.1) is 17.2 Å². The molecule has 3 atom stereocenters. The van der Waals surface area contributed by atoms with Gasteiger partial charge >= 0.3 is 12.1 Å². The zero-order valence-electron chi connectivity index (χ0n) is 17.6. The van der Waals surface area contributed by atoms with Crippen LogP contribution in [0.5, 0.6) is 0 Å². The van der Waals surface area contributed by atoms with Crippen LogP contribution in [-0.4, -0.2) is 39.4 Å². The van der Waals surface area contributed by atoms with Crippen LogP contribution in [0.2, 0.25) is 0 Å². The van der Waals surface area contributed by atoms with Gasteiger partial charge in [-0.2, -0.15) is 0 Å². The molecule has 0 bridgehead atoms. The molecule has 170 valence electrons. The smallest absolute Gasteiger partial charge is 0.323 e. The SMILES string of the molecule is NC(=O)n1cc(NC(=O)N2[C@@H]3C[C@@H]3C[C@H]2C(=O)CCc2cccc(F)c2F)c2ccccc21. The third kappa shape index (κ3) is 3.73. The first-order valence-corrected chi connectivity index (χ1v) is 10.8. The van der Waals surface area contributed by atoms with Crippen molar-refractivity contribution < 1.29 is 23.2 Å². The Morgan fingerprint density at radius 1 is 1.06 bits per heavy atom. The summed E-state index contributed by atoms with van der Waals surface area (Å²) in [5, 5.41) is 3.48. The predicted octanol–water partition coefficient (Wildman–Crippen LogP) is 4.04. The summed E-state index contributed by atoms with van der Waals surface area (Å²) >= 11 is 0. The molecule has 0 spiro atoms. The number of hydrogen-bond donors (Lipinski definition) is 2. The first-order valence-electron chi connectivity index (χ1n) is 10.8. The van der Waals surface area contributed by atoms with E-state index in [1.54, 1.807) is 29.2 Å². The van der Waals surface area contributed by atoms with Gasteiger partial charge in [-0.3, -0.25) is 9.36 Å². The summed E-state index contributed by atoms with van der Waals surface area (Å²) < 4.78 is 28.6. The van der Waals surface area contributed by atoms with Gasteiger partial charge in [-0.15, -0.1) is 0 Å². The number of carbonyl (C=O) groups excluding carboxylic acids is 3. The van der Waals surface area contributed by atoms with Crippen molar-refractivity contribution in [3.63, 3.8) is 0 Å². The van der Waals surface area contributed by atoms with Gasteiger partial charge in [-0.1, -0.05) is 30.3 Å². The quantitative estimate of drug-likeness (QED) is 0.611. The van der Waals surface area contributed by atoms with Gasteiger partial charge in [0.15, 0.2) is 17.4 Å². The van der Waals surface area contributed by atoms with Crippen LogP contribution in [0.3, 0.4) is 0 Å². The number of aromatic nitrogens is 1. The van der Waals surface area contributed by atoms with Gasteiger partial charge in [0.1, 0.15) is 0 Å². The van der Waals surface area contributed by atoms with Crippen LogP contribution in [-0.2, 0) is 11.2 Å². The highest BCUT2D eigenvalue weighted by molar-refractivity contribution is 6.05. The Bertz CT molecular complexity index is 1290. The van der Waals surface area contributed by atoms with E-state index in [1.807, 2.05) is 0 Å². The monoisotopic (exact) mass is 452 g/mol. The van der Waals surface area contributed by atoms with Crippen molar-refractivity contribution in [2.24, 2.45) is 11.7 Å². The second kappa shape index (κ2) is 7.99. The molecule has 1 aromatic heterocycles. The fourth-order valence-corrected chi connectivity index (χ4v) is 4.84. The summed E-state index contributed by atoms with van der Waals surface area (Å²) in [6.45, 7) is 0. The van der Waals surface area contributed by atoms with Crippen LogP contribution in [0.1, 0.15) is 24.8 Å². The number of amides is 3. The molecule has 0 unspecified atom stereocenters. The summed E-state index contributed by atoms with van der Waals surface area (Å²) in [6, 6.07) is 9.20. The van der Waals surface area contributed by atoms with Gasteiger partial charge in [0.2, 0.25) is 0 Å². The highest BCUT2D eigenvalue weighted by Crippen LogP contribution is 2.48. The number of hydrogen-bond acceptors (Lipinski definition) is 3. The van der Waals surface area contributed by atoms with Crippen molar-refractivity contribution in [3.8, 4) is 0 Å². The summed E-state index contributed by atoms with van der Waals surface area (Å²) in [4.78, 5) is 39.5. The van der Waals surface area contributed by atoms with Gasteiger partial charge < -0.3 is 16.0 Å². The van der Waals surface area contributed by atoms with Crippen LogP contribution in [0.4, 0.5) is 24.1 Å². The number of carbonyl (C=O) groups is 3. The maximum absolute atomic E-state index is 13.9. The van der Waals surface area contributed by atoms with Gasteiger partial charge in [-0.05, 0) is 42.9 Å². The fraction of sp³-hybridized carbons (Fsp3) is 0.292. The van der Waals surface area contributed by atoms with Crippen molar-refractivity contribution in [2.45, 2.75) is 37.8 Å². The number of urea groups is 1. The van der Waals surface area contributed by atoms with Crippen molar-refractivity contribution in [2.75, 3.05) is 5.32 Å². The zero-order valence-corrected chi connectivity index (χ0v) is 17.6. The predicted molar refractivity (Wildman–Crippen MR) is 118 cm³/mol. The molecule has 0 radical (unpaired) electrons. The molecule has 1 saturated carbocycles. The molecule has 33 heavy (non-hydrogen) atoms. The average Bonchev–Trinajstić information content (AvgIpc) is 3.30. The van der Waals surface area contributed by atoms with Crippen LogP contribution >= 0.6 is 0 Å². The number of ketones is 1. The molecule has 2 aromatic carbocycles. The van der Waals surface area contributed by atoms with E-state index >= 15 is 0 Å². The molecule has 9 heteroatoms. The number of benzene rings is 2. The van der Waals surface area contributed by atoms with E-state index in [1.165, 1.54) is 22.9 Å². The minimum absolute atomic E-state index is 0.00917. The second-order valence-corrected chi connectivity index (χ2v) is 8.60. The number of piperidine rings is 1. The lowest BCUT2D eigenvalue weighted by Gasteiger charge is -2.27. The largest absolute Gasteiger partial charge is 0.351 e. The molecule has 2 heterocycles. The summed E-state index contributed by atoms with van der Waals surface area (Å²) in [5.41, 5.74) is 6.57. The number of fused-ring (bicyclic) bond motifs is 2. The lowest BCUT2D eigenvalue weighted by Crippen LogP contribution is -2.45. The standard InChI is InChI=1S/C24H22F2N4O3/c25-16-6-3-4-13(22(16)26)8-9-21(31)20-11-14-10-19(14)30(20)24(33)28-17-12-29(23(27)32)18-7-2-1-5-15(17)18/h1-7,12,14,19-20H,8-11H2,(H2,27,32)(H,28,33)/t14-,19-,20+/m1/s1. The fourth-order valence-electron chi connectivity index (χ4n) is 4.84. The van der Waals surface area contributed by atoms with E-state index < -0.39 is 29.7 Å². The van der Waals surface area contributed by atoms with Crippen LogP contribution in [0.25, 0.3) is 10.9 Å². The normalized spacial score (nSPS) is 21.2. The minimum Gasteiger partial charge on any atom is -0.351 e. The van der Waals surface area contributed by atoms with E-state index in [9.17, 15) is 23.2 Å². The Morgan fingerprint density at radius 2 is 1.85 bits per heavy atom. The highest BCUT2D eigenvalue weighted by Gasteiger charge is 2.55. The van der Waals surface area contributed by atoms with Crippen molar-refractivity contribution >= 4 is 34.4 Å². The molecule has 2 aliphatic rings. The maximum atomic E-state index is 13.9. The van der Waals surface area contributed by atoms with Crippen LogP contribution < -0.4 is 11.1 Å². The summed E-state index contributed by atoms with van der Waals surface area (Å²) in [5.74, 6) is -1.80. The zero-order chi connectivity index (χ0) is 23.3. The molecule has 5 rings (SSSR count). The van der Waals surface area contributed by atoms with Crippen LogP contribution in [0, 0.1) is 17.6 Å². The van der Waals surface area contributed by atoms with Crippen molar-refractivity contribution in [3.05, 3.63) is 65.9 Å². The molecule has 1 aliphatic carbocycles. The number of nitrogens with zero attached hydrogens (tertiary/aromatic N) is 2. The van der Waals surface area contributed by atoms with E-state index in [0.29, 0.717) is 23.0 Å². The number of aryl methyl sites for hydroxylation is 1. The van der Waals surface area contributed by atoms with E-state index in [4.69, 9.17) is 5.73 Å². The molecule has 3 N–H and O–H groups in total. The number of rotatable bonds is 5. The van der Waals surface area contributed by atoms with E-state index in [2.05, 4.69) is 5.32 Å². The topological polar surface area (TPSA) is 97.4 Å². The first kappa shape index (κ1) is 21.1. The second-order valence-electron chi connectivity index (χ2n) is 8.60.